The van der Waals surface area contributed by atoms with Crippen molar-refractivity contribution >= 4 is 23.0 Å². The van der Waals surface area contributed by atoms with Crippen LogP contribution in [0.5, 0.6) is 0 Å². The van der Waals surface area contributed by atoms with Gasteiger partial charge in [-0.2, -0.15) is 5.10 Å². The number of piperazine rings is 1. The summed E-state index contributed by atoms with van der Waals surface area (Å²) in [5, 5.41) is 7.37. The summed E-state index contributed by atoms with van der Waals surface area (Å²) in [4.78, 5) is 16.9. The normalized spacial score (nSPS) is 17.9. The first-order chi connectivity index (χ1) is 13.1. The van der Waals surface area contributed by atoms with Crippen molar-refractivity contribution in [1.82, 2.24) is 14.7 Å². The van der Waals surface area contributed by atoms with Gasteiger partial charge < -0.3 is 10.2 Å². The van der Waals surface area contributed by atoms with Gasteiger partial charge in [0.05, 0.1) is 11.9 Å². The maximum atomic E-state index is 11.8. The third kappa shape index (κ3) is 4.45. The van der Waals surface area contributed by atoms with Crippen LogP contribution in [-0.4, -0.2) is 47.4 Å². The molecular weight excluding hydrogens is 362 g/mol. The molecule has 4 rings (SSSR count). The van der Waals surface area contributed by atoms with Crippen molar-refractivity contribution in [3.63, 3.8) is 0 Å². The van der Waals surface area contributed by atoms with Gasteiger partial charge in [-0.25, -0.2) is 4.68 Å². The molecule has 1 N–H and O–H groups in total. The third-order valence-corrected chi connectivity index (χ3v) is 5.81. The van der Waals surface area contributed by atoms with E-state index in [0.717, 1.165) is 37.7 Å². The third-order valence-electron chi connectivity index (χ3n) is 5.45. The Kier molecular flexibility index (Phi) is 5.36. The van der Waals surface area contributed by atoms with Crippen LogP contribution in [0.3, 0.4) is 0 Å². The van der Waals surface area contributed by atoms with E-state index in [0.29, 0.717) is 12.2 Å². The molecular formula is C20H26ClN5O. The highest BCUT2D eigenvalue weighted by Crippen LogP contribution is 2.30. The minimum atomic E-state index is -0.294. The number of hydrogen-bond acceptors (Lipinski definition) is 5. The number of rotatable bonds is 6. The fourth-order valence-electron chi connectivity index (χ4n) is 3.51. The maximum Gasteiger partial charge on any atom is 0.287 e. The monoisotopic (exact) mass is 387 g/mol. The molecule has 27 heavy (non-hydrogen) atoms. The van der Waals surface area contributed by atoms with E-state index in [4.69, 9.17) is 11.6 Å². The quantitative estimate of drug-likeness (QED) is 0.825. The molecule has 2 heterocycles. The summed E-state index contributed by atoms with van der Waals surface area (Å²) in [5.41, 5.74) is 2.69. The van der Waals surface area contributed by atoms with Crippen LogP contribution in [0.2, 0.25) is 5.02 Å². The number of hydrogen-bond donors (Lipinski definition) is 1. The average Bonchev–Trinajstić information content (AvgIpc) is 3.51. The molecule has 1 aromatic heterocycles. The number of aromatic nitrogens is 2. The highest BCUT2D eigenvalue weighted by Gasteiger charge is 2.26. The van der Waals surface area contributed by atoms with Crippen LogP contribution < -0.4 is 15.8 Å². The van der Waals surface area contributed by atoms with Gasteiger partial charge in [-0.3, -0.25) is 9.69 Å². The Labute approximate surface area is 164 Å². The molecule has 144 valence electrons. The highest BCUT2D eigenvalue weighted by molar-refractivity contribution is 6.32. The molecule has 0 unspecified atom stereocenters. The standard InChI is InChI=1S/C20H26ClN5O/c1-24-20(27)19(21)18(13-23-24)22-12-15-4-6-17(7-5-15)26-10-8-25(9-11-26)14-16-2-3-16/h4-7,13,16,22H,2-3,8-12,14H2,1H3. The molecule has 0 spiro atoms. The van der Waals surface area contributed by atoms with Crippen molar-refractivity contribution in [3.8, 4) is 0 Å². The number of nitrogens with zero attached hydrogens (tertiary/aromatic N) is 4. The Morgan fingerprint density at radius 3 is 2.52 bits per heavy atom. The van der Waals surface area contributed by atoms with E-state index in [1.807, 2.05) is 0 Å². The van der Waals surface area contributed by atoms with Gasteiger partial charge in [0.15, 0.2) is 0 Å². The highest BCUT2D eigenvalue weighted by atomic mass is 35.5. The molecule has 1 aliphatic heterocycles. The second-order valence-electron chi connectivity index (χ2n) is 7.55. The van der Waals surface area contributed by atoms with Gasteiger partial charge >= 0.3 is 0 Å². The van der Waals surface area contributed by atoms with E-state index < -0.39 is 0 Å². The summed E-state index contributed by atoms with van der Waals surface area (Å²) in [6.45, 7) is 6.41. The minimum Gasteiger partial charge on any atom is -0.378 e. The van der Waals surface area contributed by atoms with Crippen LogP contribution >= 0.6 is 11.6 Å². The van der Waals surface area contributed by atoms with Gasteiger partial charge in [-0.05, 0) is 36.5 Å². The van der Waals surface area contributed by atoms with Crippen LogP contribution in [0.15, 0.2) is 35.3 Å². The lowest BCUT2D eigenvalue weighted by molar-refractivity contribution is 0.248. The molecule has 0 atom stereocenters. The van der Waals surface area contributed by atoms with Crippen LogP contribution in [0.25, 0.3) is 0 Å². The molecule has 2 fully saturated rings. The van der Waals surface area contributed by atoms with Crippen LogP contribution in [0.4, 0.5) is 11.4 Å². The molecule has 2 aliphatic rings. The zero-order valence-electron chi connectivity index (χ0n) is 15.7. The number of anilines is 2. The molecule has 0 amide bonds. The largest absolute Gasteiger partial charge is 0.378 e. The average molecular weight is 388 g/mol. The Bertz CT molecular complexity index is 838. The van der Waals surface area contributed by atoms with Crippen LogP contribution in [-0.2, 0) is 13.6 Å². The minimum absolute atomic E-state index is 0.174. The number of benzene rings is 1. The van der Waals surface area contributed by atoms with Crippen LogP contribution in [0.1, 0.15) is 18.4 Å². The lowest BCUT2D eigenvalue weighted by Crippen LogP contribution is -2.47. The van der Waals surface area contributed by atoms with Crippen molar-refractivity contribution in [1.29, 1.82) is 0 Å². The fraction of sp³-hybridized carbons (Fsp3) is 0.500. The van der Waals surface area contributed by atoms with E-state index in [-0.39, 0.29) is 10.6 Å². The molecule has 1 saturated carbocycles. The van der Waals surface area contributed by atoms with E-state index >= 15 is 0 Å². The summed E-state index contributed by atoms with van der Waals surface area (Å²) in [5.74, 6) is 0.969. The molecule has 1 saturated heterocycles. The van der Waals surface area contributed by atoms with Gasteiger partial charge in [0, 0.05) is 52.0 Å². The Morgan fingerprint density at radius 2 is 1.85 bits per heavy atom. The van der Waals surface area contributed by atoms with Crippen molar-refractivity contribution in [3.05, 3.63) is 51.4 Å². The molecule has 6 nitrogen and oxygen atoms in total. The van der Waals surface area contributed by atoms with Gasteiger partial charge in [0.2, 0.25) is 0 Å². The lowest BCUT2D eigenvalue weighted by atomic mass is 10.1. The molecule has 1 aliphatic carbocycles. The lowest BCUT2D eigenvalue weighted by Gasteiger charge is -2.36. The Hall–Kier alpha value is -2.05. The molecule has 1 aromatic carbocycles. The fourth-order valence-corrected chi connectivity index (χ4v) is 3.75. The van der Waals surface area contributed by atoms with Gasteiger partial charge in [0.1, 0.15) is 5.02 Å². The predicted molar refractivity (Wildman–Crippen MR) is 110 cm³/mol. The SMILES string of the molecule is Cn1ncc(NCc2ccc(N3CCN(CC4CC4)CC3)cc2)c(Cl)c1=O. The number of halogens is 1. The van der Waals surface area contributed by atoms with E-state index in [1.165, 1.54) is 29.8 Å². The van der Waals surface area contributed by atoms with Gasteiger partial charge in [-0.15, -0.1) is 0 Å². The predicted octanol–water partition coefficient (Wildman–Crippen LogP) is 2.58. The Morgan fingerprint density at radius 1 is 1.15 bits per heavy atom. The van der Waals surface area contributed by atoms with Crippen LogP contribution in [0, 0.1) is 5.92 Å². The van der Waals surface area contributed by atoms with Crippen molar-refractivity contribution in [2.75, 3.05) is 42.9 Å². The first-order valence-corrected chi connectivity index (χ1v) is 10.00. The second-order valence-corrected chi connectivity index (χ2v) is 7.93. The summed E-state index contributed by atoms with van der Waals surface area (Å²) in [6.07, 6.45) is 4.43. The second kappa shape index (κ2) is 7.90. The zero-order valence-corrected chi connectivity index (χ0v) is 16.5. The molecule has 0 radical (unpaired) electrons. The summed E-state index contributed by atoms with van der Waals surface area (Å²) >= 11 is 6.09. The number of aryl methyl sites for hydroxylation is 1. The smallest absolute Gasteiger partial charge is 0.287 e. The first-order valence-electron chi connectivity index (χ1n) is 9.62. The van der Waals surface area contributed by atoms with Gasteiger partial charge in [0.25, 0.3) is 5.56 Å². The summed E-state index contributed by atoms with van der Waals surface area (Å²) in [6, 6.07) is 8.61. The van der Waals surface area contributed by atoms with E-state index in [1.54, 1.807) is 13.2 Å². The number of nitrogens with one attached hydrogen (secondary N) is 1. The van der Waals surface area contributed by atoms with E-state index in [2.05, 4.69) is 44.5 Å². The Balaban J connectivity index is 1.31. The maximum absolute atomic E-state index is 11.8. The topological polar surface area (TPSA) is 53.4 Å². The van der Waals surface area contributed by atoms with Gasteiger partial charge in [-0.1, -0.05) is 23.7 Å². The first kappa shape index (κ1) is 18.3. The zero-order chi connectivity index (χ0) is 18.8. The molecule has 0 bridgehead atoms. The van der Waals surface area contributed by atoms with Crippen molar-refractivity contribution in [2.24, 2.45) is 13.0 Å². The van der Waals surface area contributed by atoms with Crippen molar-refractivity contribution in [2.45, 2.75) is 19.4 Å². The summed E-state index contributed by atoms with van der Waals surface area (Å²) < 4.78 is 1.23. The summed E-state index contributed by atoms with van der Waals surface area (Å²) in [7, 11) is 1.59. The molecule has 7 heteroatoms. The molecule has 2 aromatic rings. The van der Waals surface area contributed by atoms with E-state index in [9.17, 15) is 4.79 Å². The van der Waals surface area contributed by atoms with Crippen molar-refractivity contribution < 1.29 is 0 Å².